The van der Waals surface area contributed by atoms with Gasteiger partial charge in [-0.15, -0.1) is 0 Å². The Balaban J connectivity index is 0.00000242. The molecule has 1 heterocycles. The second-order valence-electron chi connectivity index (χ2n) is 6.41. The van der Waals surface area contributed by atoms with Gasteiger partial charge in [0.2, 0.25) is 0 Å². The number of fused-ring (bicyclic) bond motifs is 1. The Labute approximate surface area is 190 Å². The molecule has 0 aliphatic heterocycles. The number of alkyl halides is 6. The first-order valence-corrected chi connectivity index (χ1v) is 10.9. The molecule has 1 atom stereocenters. The fourth-order valence-electron chi connectivity index (χ4n) is 2.80. The van der Waals surface area contributed by atoms with Crippen molar-refractivity contribution in [2.24, 2.45) is 5.73 Å². The van der Waals surface area contributed by atoms with E-state index in [9.17, 15) is 31.4 Å². The normalized spacial score (nSPS) is 12.5. The Bertz CT molecular complexity index is 812. The zero-order valence-corrected chi connectivity index (χ0v) is 19.4. The van der Waals surface area contributed by atoms with E-state index < -0.39 is 35.2 Å². The molecule has 1 unspecified atom stereocenters. The first-order valence-electron chi connectivity index (χ1n) is 10.9. The van der Waals surface area contributed by atoms with E-state index in [-0.39, 0.29) is 17.5 Å². The molecule has 11 heteroatoms. The lowest BCUT2D eigenvalue weighted by Gasteiger charge is -2.19. The highest BCUT2D eigenvalue weighted by molar-refractivity contribution is 5.86. The number of nitrogens with one attached hydrogen (secondary N) is 2. The molecular formula is C22H34F6N4O. The van der Waals surface area contributed by atoms with Gasteiger partial charge < -0.3 is 21.5 Å². The van der Waals surface area contributed by atoms with Gasteiger partial charge in [-0.05, 0) is 37.2 Å². The molecule has 0 saturated carbocycles. The SMILES string of the molecule is CC.CC.NCCCNCCNCC(O)c1cc(C(F)(F)F)nc2c(C(F)(F)F)cccc12. The summed E-state index contributed by atoms with van der Waals surface area (Å²) < 4.78 is 79.3. The summed E-state index contributed by atoms with van der Waals surface area (Å²) in [5.41, 5.74) is 1.48. The summed E-state index contributed by atoms with van der Waals surface area (Å²) in [6, 6.07) is 3.54. The molecular weight excluding hydrogens is 450 g/mol. The lowest BCUT2D eigenvalue weighted by molar-refractivity contribution is -0.142. The van der Waals surface area contributed by atoms with Crippen LogP contribution in [0.15, 0.2) is 24.3 Å². The molecule has 0 saturated heterocycles. The van der Waals surface area contributed by atoms with Crippen molar-refractivity contribution in [2.45, 2.75) is 52.6 Å². The number of pyridine rings is 1. The van der Waals surface area contributed by atoms with Crippen molar-refractivity contribution in [3.8, 4) is 0 Å². The van der Waals surface area contributed by atoms with Crippen LogP contribution < -0.4 is 16.4 Å². The third-order valence-electron chi connectivity index (χ3n) is 4.20. The maximum Gasteiger partial charge on any atom is 0.433 e. The maximum atomic E-state index is 13.2. The zero-order chi connectivity index (χ0) is 25.7. The van der Waals surface area contributed by atoms with Gasteiger partial charge in [-0.3, -0.25) is 0 Å². The van der Waals surface area contributed by atoms with E-state index in [0.29, 0.717) is 38.3 Å². The van der Waals surface area contributed by atoms with Crippen LogP contribution in [0.25, 0.3) is 10.9 Å². The molecule has 33 heavy (non-hydrogen) atoms. The van der Waals surface area contributed by atoms with E-state index in [0.717, 1.165) is 12.5 Å². The second kappa shape index (κ2) is 15.0. The van der Waals surface area contributed by atoms with Gasteiger partial charge in [0.15, 0.2) is 0 Å². The molecule has 5 N–H and O–H groups in total. The molecule has 0 bridgehead atoms. The number of para-hydroxylation sites is 1. The molecule has 1 aromatic heterocycles. The second-order valence-corrected chi connectivity index (χ2v) is 6.41. The van der Waals surface area contributed by atoms with Gasteiger partial charge >= 0.3 is 12.4 Å². The average molecular weight is 485 g/mol. The molecule has 2 rings (SSSR count). The number of hydrogen-bond acceptors (Lipinski definition) is 5. The summed E-state index contributed by atoms with van der Waals surface area (Å²) in [5, 5.41) is 16.1. The minimum absolute atomic E-state index is 0.134. The van der Waals surface area contributed by atoms with Crippen molar-refractivity contribution >= 4 is 10.9 Å². The first-order chi connectivity index (χ1) is 15.6. The van der Waals surface area contributed by atoms with E-state index in [2.05, 4.69) is 15.6 Å². The monoisotopic (exact) mass is 484 g/mol. The number of aromatic nitrogens is 1. The number of rotatable bonds is 9. The van der Waals surface area contributed by atoms with Gasteiger partial charge in [-0.1, -0.05) is 39.8 Å². The van der Waals surface area contributed by atoms with Crippen LogP contribution in [-0.4, -0.2) is 42.8 Å². The van der Waals surface area contributed by atoms with Crippen molar-refractivity contribution in [3.63, 3.8) is 0 Å². The van der Waals surface area contributed by atoms with Crippen LogP contribution in [0, 0.1) is 0 Å². The quantitative estimate of drug-likeness (QED) is 0.301. The van der Waals surface area contributed by atoms with Crippen LogP contribution in [0.3, 0.4) is 0 Å². The standard InChI is InChI=1S/C18H22F6N4O.2C2H6/c19-17(20,21)13-4-1-3-11-12(9-15(18(22,23)24)28-16(11)13)14(29)10-27-8-7-26-6-2-5-25;2*1-2/h1,3-4,9,14,26-27,29H,2,5-8,10,25H2;2*1-2H3. The van der Waals surface area contributed by atoms with Crippen molar-refractivity contribution in [1.29, 1.82) is 0 Å². The predicted octanol–water partition coefficient (Wildman–Crippen LogP) is 4.89. The minimum atomic E-state index is -4.96. The van der Waals surface area contributed by atoms with Crippen LogP contribution in [0.5, 0.6) is 0 Å². The first kappa shape index (κ1) is 31.0. The van der Waals surface area contributed by atoms with Gasteiger partial charge in [0.1, 0.15) is 5.69 Å². The molecule has 1 aromatic carbocycles. The molecule has 190 valence electrons. The Morgan fingerprint density at radius 1 is 0.939 bits per heavy atom. The van der Waals surface area contributed by atoms with E-state index in [1.54, 1.807) is 0 Å². The maximum absolute atomic E-state index is 13.2. The Morgan fingerprint density at radius 3 is 2.09 bits per heavy atom. The number of hydrogen-bond donors (Lipinski definition) is 4. The van der Waals surface area contributed by atoms with Gasteiger partial charge in [0, 0.05) is 25.0 Å². The topological polar surface area (TPSA) is 83.2 Å². The summed E-state index contributed by atoms with van der Waals surface area (Å²) in [4.78, 5) is 3.20. The largest absolute Gasteiger partial charge is 0.433 e. The van der Waals surface area contributed by atoms with Crippen molar-refractivity contribution < 1.29 is 31.4 Å². The van der Waals surface area contributed by atoms with E-state index in [1.807, 2.05) is 27.7 Å². The molecule has 0 aliphatic carbocycles. The molecule has 0 radical (unpaired) electrons. The number of nitrogens with zero attached hydrogens (tertiary/aromatic N) is 1. The van der Waals surface area contributed by atoms with Crippen LogP contribution in [-0.2, 0) is 12.4 Å². The molecule has 0 amide bonds. The van der Waals surface area contributed by atoms with Gasteiger partial charge in [-0.2, -0.15) is 26.3 Å². The summed E-state index contributed by atoms with van der Waals surface area (Å²) >= 11 is 0. The van der Waals surface area contributed by atoms with Crippen LogP contribution in [0.2, 0.25) is 0 Å². The smallest absolute Gasteiger partial charge is 0.387 e. The molecule has 2 aromatic rings. The molecule has 0 aliphatic rings. The summed E-state index contributed by atoms with van der Waals surface area (Å²) in [6.45, 7) is 10.0. The van der Waals surface area contributed by atoms with E-state index >= 15 is 0 Å². The highest BCUT2D eigenvalue weighted by Gasteiger charge is 2.37. The Hall–Kier alpha value is -1.95. The lowest BCUT2D eigenvalue weighted by atomic mass is 9.99. The fraction of sp³-hybridized carbons (Fsp3) is 0.591. The summed E-state index contributed by atoms with van der Waals surface area (Å²) in [7, 11) is 0. The average Bonchev–Trinajstić information content (AvgIpc) is 2.78. The third-order valence-corrected chi connectivity index (χ3v) is 4.20. The van der Waals surface area contributed by atoms with E-state index in [4.69, 9.17) is 5.73 Å². The van der Waals surface area contributed by atoms with Crippen molar-refractivity contribution in [1.82, 2.24) is 15.6 Å². The highest BCUT2D eigenvalue weighted by Crippen LogP contribution is 2.38. The predicted molar refractivity (Wildman–Crippen MR) is 119 cm³/mol. The summed E-state index contributed by atoms with van der Waals surface area (Å²) in [6.07, 6.45) is -10.5. The van der Waals surface area contributed by atoms with Crippen LogP contribution >= 0.6 is 0 Å². The van der Waals surface area contributed by atoms with E-state index in [1.165, 1.54) is 6.07 Å². The molecule has 0 spiro atoms. The number of nitrogens with two attached hydrogens (primary N) is 1. The number of aliphatic hydroxyl groups excluding tert-OH is 1. The Morgan fingerprint density at radius 2 is 1.55 bits per heavy atom. The number of benzene rings is 1. The fourth-order valence-corrected chi connectivity index (χ4v) is 2.80. The van der Waals surface area contributed by atoms with Crippen molar-refractivity contribution in [2.75, 3.05) is 32.7 Å². The van der Waals surface area contributed by atoms with Gasteiger partial charge in [-0.25, -0.2) is 4.98 Å². The van der Waals surface area contributed by atoms with Crippen LogP contribution in [0.1, 0.15) is 57.0 Å². The Kier molecular flexibility index (Phi) is 14.2. The lowest BCUT2D eigenvalue weighted by Crippen LogP contribution is -2.31. The van der Waals surface area contributed by atoms with Gasteiger partial charge in [0.05, 0.1) is 17.2 Å². The summed E-state index contributed by atoms with van der Waals surface area (Å²) in [5.74, 6) is 0. The molecule has 5 nitrogen and oxygen atoms in total. The third kappa shape index (κ3) is 9.83. The minimum Gasteiger partial charge on any atom is -0.387 e. The van der Waals surface area contributed by atoms with Gasteiger partial charge in [0.25, 0.3) is 0 Å². The van der Waals surface area contributed by atoms with Crippen LogP contribution in [0.4, 0.5) is 26.3 Å². The number of aliphatic hydroxyl groups is 1. The highest BCUT2D eigenvalue weighted by atomic mass is 19.4. The zero-order valence-electron chi connectivity index (χ0n) is 19.4. The number of halogens is 6. The molecule has 0 fully saturated rings. The van der Waals surface area contributed by atoms with Crippen molar-refractivity contribution in [3.05, 3.63) is 41.1 Å².